The molecule has 7 heteroatoms. The van der Waals surface area contributed by atoms with Crippen molar-refractivity contribution < 1.29 is 14.3 Å². The summed E-state index contributed by atoms with van der Waals surface area (Å²) in [7, 11) is 1.62. The van der Waals surface area contributed by atoms with Crippen molar-refractivity contribution in [3.63, 3.8) is 0 Å². The number of amides is 2. The van der Waals surface area contributed by atoms with Crippen LogP contribution in [0.5, 0.6) is 0 Å². The molecule has 0 unspecified atom stereocenters. The second-order valence-corrected chi connectivity index (χ2v) is 7.68. The van der Waals surface area contributed by atoms with E-state index in [1.807, 2.05) is 36.9 Å². The highest BCUT2D eigenvalue weighted by molar-refractivity contribution is 6.31. The number of hydrogen-bond acceptors (Lipinski definition) is 3. The lowest BCUT2D eigenvalue weighted by molar-refractivity contribution is -0.127. The third-order valence-electron chi connectivity index (χ3n) is 5.19. The maximum atomic E-state index is 13.0. The zero-order chi connectivity index (χ0) is 19.6. The minimum absolute atomic E-state index is 0.0111. The molecule has 0 radical (unpaired) electrons. The largest absolute Gasteiger partial charge is 0.383 e. The monoisotopic (exact) mass is 391 g/mol. The van der Waals surface area contributed by atoms with E-state index in [1.54, 1.807) is 7.11 Å². The Morgan fingerprint density at radius 3 is 2.74 bits per heavy atom. The number of H-pyrrole nitrogens is 1. The first-order chi connectivity index (χ1) is 12.9. The summed E-state index contributed by atoms with van der Waals surface area (Å²) in [5.41, 5.74) is 2.41. The fourth-order valence-corrected chi connectivity index (χ4v) is 3.84. The molecule has 1 aliphatic heterocycles. The molecule has 1 atom stereocenters. The predicted octanol–water partition coefficient (Wildman–Crippen LogP) is 3.13. The summed E-state index contributed by atoms with van der Waals surface area (Å²) >= 11 is 6.07. The van der Waals surface area contributed by atoms with Gasteiger partial charge in [-0.05, 0) is 50.5 Å². The van der Waals surface area contributed by atoms with Gasteiger partial charge in [0.2, 0.25) is 5.91 Å². The number of fused-ring (bicyclic) bond motifs is 1. The zero-order valence-corrected chi connectivity index (χ0v) is 16.7. The molecule has 1 aromatic heterocycles. The van der Waals surface area contributed by atoms with Crippen LogP contribution in [0.4, 0.5) is 0 Å². The highest BCUT2D eigenvalue weighted by atomic mass is 35.5. The lowest BCUT2D eigenvalue weighted by Gasteiger charge is -2.31. The van der Waals surface area contributed by atoms with Crippen molar-refractivity contribution in [1.29, 1.82) is 0 Å². The van der Waals surface area contributed by atoms with Gasteiger partial charge in [0.25, 0.3) is 5.91 Å². The molecule has 1 aliphatic rings. The van der Waals surface area contributed by atoms with Crippen LogP contribution < -0.4 is 5.32 Å². The standard InChI is InChI=1S/C20H26ClN3O3/c1-12(11-27-3)22-19(25)14-6-8-24(9-7-14)20(26)18-13(2)16-10-15(21)4-5-17(16)23-18/h4-5,10,12,14,23H,6-9,11H2,1-3H3,(H,22,25)/t12-/m1/s1. The van der Waals surface area contributed by atoms with Crippen LogP contribution in [-0.4, -0.2) is 54.5 Å². The molecule has 0 aliphatic carbocycles. The number of carbonyl (C=O) groups excluding carboxylic acids is 2. The molecule has 0 saturated carbocycles. The van der Waals surface area contributed by atoms with Crippen LogP contribution in [0, 0.1) is 12.8 Å². The minimum atomic E-state index is -0.0593. The molecule has 2 aromatic rings. The molecular formula is C20H26ClN3O3. The Balaban J connectivity index is 1.63. The van der Waals surface area contributed by atoms with E-state index in [1.165, 1.54) is 0 Å². The van der Waals surface area contributed by atoms with Gasteiger partial charge < -0.3 is 19.9 Å². The molecule has 2 heterocycles. The number of likely N-dealkylation sites (tertiary alicyclic amines) is 1. The van der Waals surface area contributed by atoms with Gasteiger partial charge in [0.05, 0.1) is 6.61 Å². The lowest BCUT2D eigenvalue weighted by Crippen LogP contribution is -2.45. The van der Waals surface area contributed by atoms with Gasteiger partial charge in [0.1, 0.15) is 5.69 Å². The number of benzene rings is 1. The Hall–Kier alpha value is -2.05. The second kappa shape index (κ2) is 8.31. The first-order valence-electron chi connectivity index (χ1n) is 9.27. The molecule has 2 N–H and O–H groups in total. The number of carbonyl (C=O) groups is 2. The van der Waals surface area contributed by atoms with Gasteiger partial charge in [-0.2, -0.15) is 0 Å². The lowest BCUT2D eigenvalue weighted by atomic mass is 9.95. The van der Waals surface area contributed by atoms with E-state index >= 15 is 0 Å². The summed E-state index contributed by atoms with van der Waals surface area (Å²) < 4.78 is 5.05. The van der Waals surface area contributed by atoms with Gasteiger partial charge in [0.15, 0.2) is 0 Å². The van der Waals surface area contributed by atoms with Crippen LogP contribution in [0.25, 0.3) is 10.9 Å². The number of nitrogens with zero attached hydrogens (tertiary/aromatic N) is 1. The van der Waals surface area contributed by atoms with E-state index in [0.29, 0.717) is 43.3 Å². The maximum absolute atomic E-state index is 13.0. The number of rotatable bonds is 5. The number of methoxy groups -OCH3 is 1. The molecule has 27 heavy (non-hydrogen) atoms. The van der Waals surface area contributed by atoms with Gasteiger partial charge in [-0.3, -0.25) is 9.59 Å². The third-order valence-corrected chi connectivity index (χ3v) is 5.43. The van der Waals surface area contributed by atoms with Crippen LogP contribution in [0.2, 0.25) is 5.02 Å². The van der Waals surface area contributed by atoms with Crippen molar-refractivity contribution in [3.05, 3.63) is 34.5 Å². The topological polar surface area (TPSA) is 74.4 Å². The molecule has 146 valence electrons. The first-order valence-corrected chi connectivity index (χ1v) is 9.65. The van der Waals surface area contributed by atoms with E-state index in [-0.39, 0.29) is 23.8 Å². The van der Waals surface area contributed by atoms with E-state index in [2.05, 4.69) is 10.3 Å². The second-order valence-electron chi connectivity index (χ2n) is 7.25. The number of aromatic nitrogens is 1. The van der Waals surface area contributed by atoms with Crippen molar-refractivity contribution in [2.24, 2.45) is 5.92 Å². The first kappa shape index (κ1) is 19.7. The van der Waals surface area contributed by atoms with Gasteiger partial charge in [-0.25, -0.2) is 0 Å². The van der Waals surface area contributed by atoms with Gasteiger partial charge >= 0.3 is 0 Å². The predicted molar refractivity (Wildman–Crippen MR) is 106 cm³/mol. The Labute approximate surface area is 164 Å². The van der Waals surface area contributed by atoms with Crippen LogP contribution in [0.1, 0.15) is 35.8 Å². The summed E-state index contributed by atoms with van der Waals surface area (Å²) in [5.74, 6) is -0.0366. The Kier molecular flexibility index (Phi) is 6.07. The number of aromatic amines is 1. The average molecular weight is 392 g/mol. The van der Waals surface area contributed by atoms with E-state index in [0.717, 1.165) is 16.5 Å². The normalized spacial score (nSPS) is 16.5. The zero-order valence-electron chi connectivity index (χ0n) is 16.0. The fourth-order valence-electron chi connectivity index (χ4n) is 3.67. The molecular weight excluding hydrogens is 366 g/mol. The smallest absolute Gasteiger partial charge is 0.270 e. The molecule has 3 rings (SSSR count). The van der Waals surface area contributed by atoms with Crippen molar-refractivity contribution >= 4 is 34.3 Å². The summed E-state index contributed by atoms with van der Waals surface area (Å²) in [6.07, 6.45) is 1.34. The fraction of sp³-hybridized carbons (Fsp3) is 0.500. The highest BCUT2D eigenvalue weighted by Crippen LogP contribution is 2.27. The van der Waals surface area contributed by atoms with Crippen LogP contribution in [0.15, 0.2) is 18.2 Å². The SMILES string of the molecule is COC[C@@H](C)NC(=O)C1CCN(C(=O)c2[nH]c3ccc(Cl)cc3c2C)CC1. The number of aryl methyl sites for hydroxylation is 1. The van der Waals surface area contributed by atoms with Gasteiger partial charge in [-0.15, -0.1) is 0 Å². The van der Waals surface area contributed by atoms with E-state index in [9.17, 15) is 9.59 Å². The maximum Gasteiger partial charge on any atom is 0.270 e. The van der Waals surface area contributed by atoms with E-state index in [4.69, 9.17) is 16.3 Å². The van der Waals surface area contributed by atoms with Crippen LogP contribution in [0.3, 0.4) is 0 Å². The van der Waals surface area contributed by atoms with Gasteiger partial charge in [-0.1, -0.05) is 11.6 Å². The molecule has 0 bridgehead atoms. The highest BCUT2D eigenvalue weighted by Gasteiger charge is 2.29. The third kappa shape index (κ3) is 4.28. The van der Waals surface area contributed by atoms with Crippen LogP contribution in [-0.2, 0) is 9.53 Å². The number of hydrogen-bond donors (Lipinski definition) is 2. The van der Waals surface area contributed by atoms with E-state index < -0.39 is 0 Å². The van der Waals surface area contributed by atoms with Crippen molar-refractivity contribution in [2.75, 3.05) is 26.8 Å². The van der Waals surface area contributed by atoms with Crippen LogP contribution >= 0.6 is 11.6 Å². The quantitative estimate of drug-likeness (QED) is 0.822. The number of nitrogens with one attached hydrogen (secondary N) is 2. The summed E-state index contributed by atoms with van der Waals surface area (Å²) in [5, 5.41) is 4.59. The summed E-state index contributed by atoms with van der Waals surface area (Å²) in [4.78, 5) is 30.3. The number of halogens is 1. The molecule has 1 aromatic carbocycles. The molecule has 2 amide bonds. The summed E-state index contributed by atoms with van der Waals surface area (Å²) in [6, 6.07) is 5.56. The van der Waals surface area contributed by atoms with Crippen molar-refractivity contribution in [2.45, 2.75) is 32.7 Å². The van der Waals surface area contributed by atoms with Crippen molar-refractivity contribution in [3.8, 4) is 0 Å². The Morgan fingerprint density at radius 1 is 1.37 bits per heavy atom. The number of piperidine rings is 1. The molecule has 6 nitrogen and oxygen atoms in total. The molecule has 0 spiro atoms. The Morgan fingerprint density at radius 2 is 2.07 bits per heavy atom. The molecule has 1 fully saturated rings. The minimum Gasteiger partial charge on any atom is -0.383 e. The Bertz CT molecular complexity index is 840. The van der Waals surface area contributed by atoms with Gasteiger partial charge in [0, 0.05) is 48.1 Å². The van der Waals surface area contributed by atoms with Crippen molar-refractivity contribution in [1.82, 2.24) is 15.2 Å². The number of ether oxygens (including phenoxy) is 1. The molecule has 1 saturated heterocycles. The average Bonchev–Trinajstić information content (AvgIpc) is 2.97. The summed E-state index contributed by atoms with van der Waals surface area (Å²) in [6.45, 7) is 5.49.